The third-order valence-corrected chi connectivity index (χ3v) is 6.42. The first-order chi connectivity index (χ1) is 13.1. The molecule has 1 aromatic heterocycles. The number of β-amino-alcohol motifs (C(OH)–C–C–N with tert-alkyl or cyclic N) is 1. The number of piperidine rings is 1. The van der Waals surface area contributed by atoms with Crippen LogP contribution in [0, 0.1) is 0 Å². The Bertz CT molecular complexity index is 826. The Morgan fingerprint density at radius 3 is 2.81 bits per heavy atom. The minimum Gasteiger partial charge on any atom is -0.487 e. The van der Waals surface area contributed by atoms with Gasteiger partial charge in [0.1, 0.15) is 23.5 Å². The van der Waals surface area contributed by atoms with Crippen LogP contribution < -0.4 is 9.64 Å². The van der Waals surface area contributed by atoms with Gasteiger partial charge in [-0.25, -0.2) is 9.97 Å². The molecule has 5 rings (SSSR count). The highest BCUT2D eigenvalue weighted by atomic mass is 35.5. The molecule has 1 spiro atoms. The van der Waals surface area contributed by atoms with E-state index >= 15 is 0 Å². The molecule has 2 atom stereocenters. The zero-order valence-corrected chi connectivity index (χ0v) is 15.8. The molecule has 0 saturated carbocycles. The van der Waals surface area contributed by atoms with Crippen LogP contribution in [0.4, 0.5) is 5.82 Å². The fraction of sp³-hybridized carbons (Fsp3) is 0.500. The van der Waals surface area contributed by atoms with Crippen LogP contribution in [0.2, 0.25) is 5.02 Å². The maximum Gasteiger partial charge on any atom is 0.132 e. The number of rotatable bonds is 2. The van der Waals surface area contributed by atoms with Crippen molar-refractivity contribution in [2.24, 2.45) is 0 Å². The van der Waals surface area contributed by atoms with Crippen LogP contribution in [-0.4, -0.2) is 63.9 Å². The number of nitrogens with zero attached hydrogens (tertiary/aromatic N) is 4. The fourth-order valence-corrected chi connectivity index (χ4v) is 4.93. The lowest BCUT2D eigenvalue weighted by Crippen LogP contribution is -2.53. The molecule has 0 amide bonds. The number of ether oxygens (including phenoxy) is 1. The number of aliphatic hydroxyl groups excluding tert-OH is 1. The minimum absolute atomic E-state index is 0.112. The Hall–Kier alpha value is -1.89. The molecule has 0 aliphatic carbocycles. The molecule has 0 bridgehead atoms. The average Bonchev–Trinajstić information content (AvgIpc) is 3.23. The standard InChI is InChI=1S/C20H23ClN4O2/c21-15-1-2-18-14(9-15)10-20(27-18)4-7-24(8-5-20)16-11-25(12-17(16)26)19-3-6-22-13-23-19/h1-3,6,9,13,16-17,26H,4-5,7-8,10-12H2/t16?,17-/m1/s1. The summed E-state index contributed by atoms with van der Waals surface area (Å²) in [5.74, 6) is 1.86. The van der Waals surface area contributed by atoms with Gasteiger partial charge in [-0.15, -0.1) is 0 Å². The molecule has 0 radical (unpaired) electrons. The van der Waals surface area contributed by atoms with Crippen LogP contribution in [0.15, 0.2) is 36.8 Å². The average molecular weight is 387 g/mol. The zero-order chi connectivity index (χ0) is 18.4. The van der Waals surface area contributed by atoms with Gasteiger partial charge in [0.15, 0.2) is 0 Å². The molecule has 3 aliphatic heterocycles. The van der Waals surface area contributed by atoms with Crippen LogP contribution >= 0.6 is 11.6 Å². The molecule has 3 aliphatic rings. The van der Waals surface area contributed by atoms with Gasteiger partial charge in [0.25, 0.3) is 0 Å². The predicted molar refractivity (Wildman–Crippen MR) is 103 cm³/mol. The summed E-state index contributed by atoms with van der Waals surface area (Å²) in [4.78, 5) is 12.8. The first-order valence-corrected chi connectivity index (χ1v) is 9.90. The second-order valence-electron chi connectivity index (χ2n) is 7.86. The number of halogens is 1. The fourth-order valence-electron chi connectivity index (χ4n) is 4.73. The van der Waals surface area contributed by atoms with Gasteiger partial charge in [-0.3, -0.25) is 4.90 Å². The van der Waals surface area contributed by atoms with Gasteiger partial charge in [0.2, 0.25) is 0 Å². The molecule has 2 aromatic rings. The Kier molecular flexibility index (Phi) is 4.22. The number of fused-ring (bicyclic) bond motifs is 1. The summed E-state index contributed by atoms with van der Waals surface area (Å²) < 4.78 is 6.34. The molecular formula is C20H23ClN4O2. The summed E-state index contributed by atoms with van der Waals surface area (Å²) in [6.45, 7) is 3.27. The topological polar surface area (TPSA) is 61.7 Å². The molecule has 1 unspecified atom stereocenters. The van der Waals surface area contributed by atoms with Crippen molar-refractivity contribution >= 4 is 17.4 Å². The largest absolute Gasteiger partial charge is 0.487 e. The van der Waals surface area contributed by atoms with Gasteiger partial charge >= 0.3 is 0 Å². The number of aromatic nitrogens is 2. The van der Waals surface area contributed by atoms with Gasteiger partial charge in [0, 0.05) is 56.7 Å². The molecule has 6 nitrogen and oxygen atoms in total. The van der Waals surface area contributed by atoms with Crippen LogP contribution in [0.3, 0.4) is 0 Å². The van der Waals surface area contributed by atoms with Crippen molar-refractivity contribution in [3.63, 3.8) is 0 Å². The quantitative estimate of drug-likeness (QED) is 0.853. The molecule has 27 heavy (non-hydrogen) atoms. The maximum atomic E-state index is 10.6. The lowest BCUT2D eigenvalue weighted by atomic mass is 9.86. The summed E-state index contributed by atoms with van der Waals surface area (Å²) in [5.41, 5.74) is 1.10. The number of anilines is 1. The smallest absolute Gasteiger partial charge is 0.132 e. The van der Waals surface area contributed by atoms with Crippen LogP contribution in [0.1, 0.15) is 18.4 Å². The lowest BCUT2D eigenvalue weighted by Gasteiger charge is -2.41. The van der Waals surface area contributed by atoms with Crippen molar-refractivity contribution in [1.82, 2.24) is 14.9 Å². The van der Waals surface area contributed by atoms with Crippen LogP contribution in [0.25, 0.3) is 0 Å². The van der Waals surface area contributed by atoms with E-state index in [1.54, 1.807) is 12.5 Å². The maximum absolute atomic E-state index is 10.6. The van der Waals surface area contributed by atoms with E-state index in [0.29, 0.717) is 6.54 Å². The van der Waals surface area contributed by atoms with Crippen molar-refractivity contribution in [3.05, 3.63) is 47.4 Å². The molecule has 2 saturated heterocycles. The number of aliphatic hydroxyl groups is 1. The minimum atomic E-state index is -0.366. The Labute approximate surface area is 163 Å². The van der Waals surface area contributed by atoms with Gasteiger partial charge in [-0.2, -0.15) is 0 Å². The molecular weight excluding hydrogens is 364 g/mol. The molecule has 1 aromatic carbocycles. The second-order valence-corrected chi connectivity index (χ2v) is 8.29. The van der Waals surface area contributed by atoms with E-state index in [1.807, 2.05) is 24.3 Å². The van der Waals surface area contributed by atoms with Crippen LogP contribution in [-0.2, 0) is 6.42 Å². The van der Waals surface area contributed by atoms with E-state index in [4.69, 9.17) is 16.3 Å². The Morgan fingerprint density at radius 2 is 2.04 bits per heavy atom. The van der Waals surface area contributed by atoms with Crippen molar-refractivity contribution in [1.29, 1.82) is 0 Å². The number of benzene rings is 1. The van der Waals surface area contributed by atoms with Gasteiger partial charge in [0.05, 0.1) is 12.1 Å². The summed E-state index contributed by atoms with van der Waals surface area (Å²) in [6, 6.07) is 7.94. The van der Waals surface area contributed by atoms with Gasteiger partial charge in [-0.1, -0.05) is 11.6 Å². The second kappa shape index (κ2) is 6.62. The first kappa shape index (κ1) is 17.2. The summed E-state index contributed by atoms with van der Waals surface area (Å²) in [6.07, 6.45) is 5.80. The highest BCUT2D eigenvalue weighted by Crippen LogP contribution is 2.42. The summed E-state index contributed by atoms with van der Waals surface area (Å²) in [7, 11) is 0. The SMILES string of the molecule is O[C@@H]1CN(c2ccncn2)CC1N1CCC2(CC1)Cc1cc(Cl)ccc1O2. The first-order valence-electron chi connectivity index (χ1n) is 9.52. The highest BCUT2D eigenvalue weighted by molar-refractivity contribution is 6.30. The Morgan fingerprint density at radius 1 is 1.19 bits per heavy atom. The summed E-state index contributed by atoms with van der Waals surface area (Å²) in [5, 5.41) is 11.4. The number of hydrogen-bond donors (Lipinski definition) is 1. The van der Waals surface area contributed by atoms with E-state index in [9.17, 15) is 5.11 Å². The number of likely N-dealkylation sites (tertiary alicyclic amines) is 1. The van der Waals surface area contributed by atoms with E-state index in [0.717, 1.165) is 55.5 Å². The van der Waals surface area contributed by atoms with E-state index < -0.39 is 0 Å². The normalized spacial score (nSPS) is 27.0. The molecule has 2 fully saturated rings. The van der Waals surface area contributed by atoms with Crippen molar-refractivity contribution in [3.8, 4) is 5.75 Å². The van der Waals surface area contributed by atoms with Crippen molar-refractivity contribution in [2.45, 2.75) is 37.0 Å². The summed E-state index contributed by atoms with van der Waals surface area (Å²) >= 11 is 6.13. The number of hydrogen-bond acceptors (Lipinski definition) is 6. The van der Waals surface area contributed by atoms with Gasteiger partial charge < -0.3 is 14.7 Å². The van der Waals surface area contributed by atoms with E-state index in [2.05, 4.69) is 19.8 Å². The Balaban J connectivity index is 1.24. The van der Waals surface area contributed by atoms with E-state index in [1.165, 1.54) is 5.56 Å². The highest BCUT2D eigenvalue weighted by Gasteiger charge is 2.45. The van der Waals surface area contributed by atoms with Crippen molar-refractivity contribution in [2.75, 3.05) is 31.1 Å². The third kappa shape index (κ3) is 3.16. The van der Waals surface area contributed by atoms with E-state index in [-0.39, 0.29) is 17.7 Å². The van der Waals surface area contributed by atoms with Crippen LogP contribution in [0.5, 0.6) is 5.75 Å². The molecule has 4 heterocycles. The molecule has 142 valence electrons. The molecule has 7 heteroatoms. The zero-order valence-electron chi connectivity index (χ0n) is 15.1. The third-order valence-electron chi connectivity index (χ3n) is 6.19. The molecule has 1 N–H and O–H groups in total. The monoisotopic (exact) mass is 386 g/mol. The predicted octanol–water partition coefficient (Wildman–Crippen LogP) is 2.15. The van der Waals surface area contributed by atoms with Crippen molar-refractivity contribution < 1.29 is 9.84 Å². The lowest BCUT2D eigenvalue weighted by molar-refractivity contribution is -0.0107. The van der Waals surface area contributed by atoms with Gasteiger partial charge in [-0.05, 0) is 29.8 Å².